The Labute approximate surface area is 186 Å². The van der Waals surface area contributed by atoms with Crippen LogP contribution in [0.1, 0.15) is 37.8 Å². The molecule has 2 rings (SSSR count). The molecule has 0 aliphatic heterocycles. The molecule has 0 aromatic heterocycles. The molecular formula is C22H32IN3O2. The number of hydrogen-bond acceptors (Lipinski definition) is 3. The van der Waals surface area contributed by atoms with Gasteiger partial charge >= 0.3 is 0 Å². The largest absolute Gasteiger partial charge is 0.493 e. The van der Waals surface area contributed by atoms with E-state index in [9.17, 15) is 0 Å². The molecule has 0 fully saturated rings. The molecule has 6 heteroatoms. The van der Waals surface area contributed by atoms with Gasteiger partial charge in [0.2, 0.25) is 0 Å². The van der Waals surface area contributed by atoms with E-state index in [4.69, 9.17) is 9.47 Å². The fourth-order valence-corrected chi connectivity index (χ4v) is 2.87. The first kappa shape index (κ1) is 24.1. The maximum atomic E-state index is 5.65. The first-order valence-electron chi connectivity index (χ1n) is 9.40. The highest BCUT2D eigenvalue weighted by Gasteiger charge is 2.15. The number of benzene rings is 2. The monoisotopic (exact) mass is 497 g/mol. The molecule has 2 aromatic carbocycles. The van der Waals surface area contributed by atoms with E-state index in [-0.39, 0.29) is 30.0 Å². The van der Waals surface area contributed by atoms with Crippen molar-refractivity contribution in [3.05, 3.63) is 59.7 Å². The van der Waals surface area contributed by atoms with E-state index in [1.807, 2.05) is 31.2 Å². The Balaban J connectivity index is 0.00000392. The summed E-state index contributed by atoms with van der Waals surface area (Å²) in [4.78, 5) is 4.35. The van der Waals surface area contributed by atoms with Gasteiger partial charge in [0, 0.05) is 25.6 Å². The third-order valence-corrected chi connectivity index (χ3v) is 4.65. The van der Waals surface area contributed by atoms with E-state index >= 15 is 0 Å². The number of ether oxygens (including phenoxy) is 2. The first-order chi connectivity index (χ1) is 13.1. The summed E-state index contributed by atoms with van der Waals surface area (Å²) >= 11 is 0. The zero-order valence-corrected chi connectivity index (χ0v) is 19.7. The SMILES string of the molecule is CCOc1cc(CNC(=NC)NC(C)C(C)c2ccccc2)ccc1OC.I. The molecule has 0 saturated heterocycles. The number of nitrogens with zero attached hydrogens (tertiary/aromatic N) is 1. The van der Waals surface area contributed by atoms with Gasteiger partial charge in [-0.05, 0) is 37.1 Å². The molecule has 2 N–H and O–H groups in total. The summed E-state index contributed by atoms with van der Waals surface area (Å²) in [7, 11) is 3.44. The Morgan fingerprint density at radius 2 is 1.79 bits per heavy atom. The summed E-state index contributed by atoms with van der Waals surface area (Å²) in [6.45, 7) is 7.61. The second-order valence-corrected chi connectivity index (χ2v) is 6.48. The van der Waals surface area contributed by atoms with E-state index in [1.54, 1.807) is 14.2 Å². The van der Waals surface area contributed by atoms with Crippen LogP contribution in [0.3, 0.4) is 0 Å². The molecule has 0 aliphatic rings. The zero-order valence-electron chi connectivity index (χ0n) is 17.4. The van der Waals surface area contributed by atoms with Crippen LogP contribution in [0.4, 0.5) is 0 Å². The highest BCUT2D eigenvalue weighted by atomic mass is 127. The van der Waals surface area contributed by atoms with Gasteiger partial charge in [0.25, 0.3) is 0 Å². The van der Waals surface area contributed by atoms with Gasteiger partial charge in [0.15, 0.2) is 17.5 Å². The summed E-state index contributed by atoms with van der Waals surface area (Å²) in [6.07, 6.45) is 0. The molecule has 154 valence electrons. The van der Waals surface area contributed by atoms with Crippen molar-refractivity contribution in [2.45, 2.75) is 39.3 Å². The van der Waals surface area contributed by atoms with Gasteiger partial charge in [-0.25, -0.2) is 0 Å². The molecule has 0 spiro atoms. The highest BCUT2D eigenvalue weighted by molar-refractivity contribution is 14.0. The average molecular weight is 497 g/mol. The summed E-state index contributed by atoms with van der Waals surface area (Å²) in [5.74, 6) is 2.65. The van der Waals surface area contributed by atoms with E-state index < -0.39 is 0 Å². The molecule has 0 heterocycles. The van der Waals surface area contributed by atoms with Crippen molar-refractivity contribution >= 4 is 29.9 Å². The maximum absolute atomic E-state index is 5.65. The maximum Gasteiger partial charge on any atom is 0.191 e. The van der Waals surface area contributed by atoms with Gasteiger partial charge in [-0.2, -0.15) is 0 Å². The lowest BCUT2D eigenvalue weighted by atomic mass is 9.94. The van der Waals surface area contributed by atoms with Gasteiger partial charge in [-0.3, -0.25) is 4.99 Å². The quantitative estimate of drug-likeness (QED) is 0.319. The van der Waals surface area contributed by atoms with Crippen molar-refractivity contribution < 1.29 is 9.47 Å². The second-order valence-electron chi connectivity index (χ2n) is 6.48. The first-order valence-corrected chi connectivity index (χ1v) is 9.40. The van der Waals surface area contributed by atoms with Crippen LogP contribution in [0.2, 0.25) is 0 Å². The molecule has 0 bridgehead atoms. The number of aliphatic imine (C=N–C) groups is 1. The third kappa shape index (κ3) is 6.89. The van der Waals surface area contributed by atoms with Crippen molar-refractivity contribution in [2.24, 2.45) is 4.99 Å². The predicted octanol–water partition coefficient (Wildman–Crippen LogP) is 4.57. The fraction of sp³-hybridized carbons (Fsp3) is 0.409. The van der Waals surface area contributed by atoms with E-state index in [0.29, 0.717) is 19.1 Å². The number of hydrogen-bond donors (Lipinski definition) is 2. The topological polar surface area (TPSA) is 54.9 Å². The smallest absolute Gasteiger partial charge is 0.191 e. The molecule has 0 radical (unpaired) electrons. The van der Waals surface area contributed by atoms with Crippen LogP contribution in [-0.2, 0) is 6.54 Å². The lowest BCUT2D eigenvalue weighted by Gasteiger charge is -2.24. The molecule has 0 saturated carbocycles. The van der Waals surface area contributed by atoms with Crippen molar-refractivity contribution in [1.29, 1.82) is 0 Å². The minimum atomic E-state index is 0. The number of rotatable bonds is 8. The molecular weight excluding hydrogens is 465 g/mol. The zero-order chi connectivity index (χ0) is 19.6. The summed E-state index contributed by atoms with van der Waals surface area (Å²) < 4.78 is 11.0. The third-order valence-electron chi connectivity index (χ3n) is 4.65. The van der Waals surface area contributed by atoms with Crippen LogP contribution in [0.15, 0.2) is 53.5 Å². The van der Waals surface area contributed by atoms with Crippen molar-refractivity contribution in [3.8, 4) is 11.5 Å². The van der Waals surface area contributed by atoms with Gasteiger partial charge in [0.05, 0.1) is 13.7 Å². The molecule has 0 aliphatic carbocycles. The Morgan fingerprint density at radius 3 is 2.39 bits per heavy atom. The molecule has 2 unspecified atom stereocenters. The Bertz CT molecular complexity index is 738. The number of guanidine groups is 1. The van der Waals surface area contributed by atoms with Crippen molar-refractivity contribution in [1.82, 2.24) is 10.6 Å². The second kappa shape index (κ2) is 12.5. The normalized spacial score (nSPS) is 13.1. The van der Waals surface area contributed by atoms with Crippen LogP contribution in [0, 0.1) is 0 Å². The van der Waals surface area contributed by atoms with E-state index in [1.165, 1.54) is 5.56 Å². The fourth-order valence-electron chi connectivity index (χ4n) is 2.87. The van der Waals surface area contributed by atoms with Crippen LogP contribution in [0.25, 0.3) is 0 Å². The van der Waals surface area contributed by atoms with Gasteiger partial charge in [-0.15, -0.1) is 24.0 Å². The van der Waals surface area contributed by atoms with Crippen LogP contribution >= 0.6 is 24.0 Å². The van der Waals surface area contributed by atoms with Gasteiger partial charge in [-0.1, -0.05) is 43.3 Å². The van der Waals surface area contributed by atoms with Crippen molar-refractivity contribution in [2.75, 3.05) is 20.8 Å². The van der Waals surface area contributed by atoms with E-state index in [2.05, 4.69) is 53.7 Å². The number of methoxy groups -OCH3 is 1. The standard InChI is InChI=1S/C22H31N3O2.HI/c1-6-27-21-14-18(12-13-20(21)26-5)15-24-22(23-4)25-17(3)16(2)19-10-8-7-9-11-19;/h7-14,16-17H,6,15H2,1-5H3,(H2,23,24,25);1H. The molecule has 5 nitrogen and oxygen atoms in total. The van der Waals surface area contributed by atoms with Crippen molar-refractivity contribution in [3.63, 3.8) is 0 Å². The Kier molecular flexibility index (Phi) is 10.7. The van der Waals surface area contributed by atoms with Crippen LogP contribution in [0.5, 0.6) is 11.5 Å². The molecule has 28 heavy (non-hydrogen) atoms. The minimum absolute atomic E-state index is 0. The number of halogens is 1. The Morgan fingerprint density at radius 1 is 1.07 bits per heavy atom. The minimum Gasteiger partial charge on any atom is -0.493 e. The Hall–Kier alpha value is -1.96. The molecule has 2 atom stereocenters. The lowest BCUT2D eigenvalue weighted by molar-refractivity contribution is 0.310. The summed E-state index contributed by atoms with van der Waals surface area (Å²) in [6, 6.07) is 16.7. The van der Waals surface area contributed by atoms with Gasteiger partial charge < -0.3 is 20.1 Å². The number of nitrogens with one attached hydrogen (secondary N) is 2. The lowest BCUT2D eigenvalue weighted by Crippen LogP contribution is -2.43. The van der Waals surface area contributed by atoms with Gasteiger partial charge in [0.1, 0.15) is 0 Å². The molecule has 2 aromatic rings. The molecule has 0 amide bonds. The van der Waals surface area contributed by atoms with E-state index in [0.717, 1.165) is 23.0 Å². The predicted molar refractivity (Wildman–Crippen MR) is 127 cm³/mol. The van der Waals surface area contributed by atoms with Crippen LogP contribution < -0.4 is 20.1 Å². The highest BCUT2D eigenvalue weighted by Crippen LogP contribution is 2.28. The summed E-state index contributed by atoms with van der Waals surface area (Å²) in [5, 5.41) is 6.85. The van der Waals surface area contributed by atoms with Crippen LogP contribution in [-0.4, -0.2) is 32.8 Å². The summed E-state index contributed by atoms with van der Waals surface area (Å²) in [5.41, 5.74) is 2.41. The average Bonchev–Trinajstić information content (AvgIpc) is 2.71.